The molecule has 4 rings (SSSR count). The van der Waals surface area contributed by atoms with E-state index in [4.69, 9.17) is 0 Å². The number of aliphatic hydroxyl groups excluding tert-OH is 1. The highest BCUT2D eigenvalue weighted by Gasteiger charge is 2.46. The number of amides is 1. The van der Waals surface area contributed by atoms with E-state index in [-0.39, 0.29) is 17.9 Å². The minimum Gasteiger partial charge on any atom is -0.507 e. The first-order valence-corrected chi connectivity index (χ1v) is 10.3. The van der Waals surface area contributed by atoms with Crippen molar-refractivity contribution in [2.24, 2.45) is 0 Å². The Bertz CT molecular complexity index is 1140. The summed E-state index contributed by atoms with van der Waals surface area (Å²) in [6, 6.07) is 19.3. The van der Waals surface area contributed by atoms with Crippen LogP contribution < -0.4 is 0 Å². The van der Waals surface area contributed by atoms with Gasteiger partial charge in [0, 0.05) is 16.2 Å². The number of carbonyl (C=O) groups is 2. The van der Waals surface area contributed by atoms with Crippen LogP contribution in [0.4, 0.5) is 0 Å². The molecule has 1 aromatic heterocycles. The lowest BCUT2D eigenvalue weighted by Gasteiger charge is -2.25. The zero-order valence-corrected chi connectivity index (χ0v) is 17.8. The van der Waals surface area contributed by atoms with Gasteiger partial charge in [-0.25, -0.2) is 0 Å². The number of hydrogen-bond donors (Lipinski definition) is 1. The first-order chi connectivity index (χ1) is 14.5. The highest BCUT2D eigenvalue weighted by molar-refractivity contribution is 9.10. The molecule has 2 heterocycles. The molecule has 1 aliphatic rings. The summed E-state index contributed by atoms with van der Waals surface area (Å²) in [6.45, 7) is 2.07. The van der Waals surface area contributed by atoms with Crippen molar-refractivity contribution in [3.05, 3.63) is 105 Å². The van der Waals surface area contributed by atoms with Crippen LogP contribution in [-0.2, 0) is 16.1 Å². The van der Waals surface area contributed by atoms with Gasteiger partial charge >= 0.3 is 0 Å². The minimum absolute atomic E-state index is 0.0869. The van der Waals surface area contributed by atoms with Crippen LogP contribution in [-0.4, -0.2) is 26.7 Å². The normalized spacial score (nSPS) is 18.1. The molecule has 0 saturated carbocycles. The molecule has 1 fully saturated rings. The largest absolute Gasteiger partial charge is 0.507 e. The Kier molecular flexibility index (Phi) is 5.50. The second-order valence-electron chi connectivity index (χ2n) is 7.12. The summed E-state index contributed by atoms with van der Waals surface area (Å²) in [5.41, 5.74) is 2.91. The van der Waals surface area contributed by atoms with Crippen molar-refractivity contribution >= 4 is 33.4 Å². The third kappa shape index (κ3) is 3.66. The first-order valence-electron chi connectivity index (χ1n) is 9.47. The number of ketones is 1. The lowest BCUT2D eigenvalue weighted by molar-refractivity contribution is -0.140. The van der Waals surface area contributed by atoms with Crippen LogP contribution in [0.2, 0.25) is 0 Å². The quantitative estimate of drug-likeness (QED) is 0.344. The Morgan fingerprint density at radius 1 is 1.07 bits per heavy atom. The molecule has 1 amide bonds. The van der Waals surface area contributed by atoms with Crippen molar-refractivity contribution in [3.63, 3.8) is 0 Å². The van der Waals surface area contributed by atoms with Crippen LogP contribution in [0.25, 0.3) is 5.76 Å². The molecule has 2 aromatic carbocycles. The molecule has 0 bridgehead atoms. The summed E-state index contributed by atoms with van der Waals surface area (Å²) < 4.78 is 0.897. The number of halogens is 1. The van der Waals surface area contributed by atoms with E-state index in [9.17, 15) is 14.7 Å². The summed E-state index contributed by atoms with van der Waals surface area (Å²) in [4.78, 5) is 31.7. The lowest BCUT2D eigenvalue weighted by Crippen LogP contribution is -2.29. The molecule has 0 aliphatic carbocycles. The SMILES string of the molecule is Cc1cc(/C(O)=C2/C(=O)C(=O)N(Cc3ccccn3)C2c2ccccc2)ccc1Br. The summed E-state index contributed by atoms with van der Waals surface area (Å²) in [5, 5.41) is 11.1. The average Bonchev–Trinajstić information content (AvgIpc) is 3.01. The summed E-state index contributed by atoms with van der Waals surface area (Å²) in [7, 11) is 0. The van der Waals surface area contributed by atoms with Crippen LogP contribution in [0, 0.1) is 6.92 Å². The predicted octanol–water partition coefficient (Wildman–Crippen LogP) is 4.77. The third-order valence-electron chi connectivity index (χ3n) is 5.15. The van der Waals surface area contributed by atoms with Crippen molar-refractivity contribution in [3.8, 4) is 0 Å². The van der Waals surface area contributed by atoms with Crippen LogP contribution in [0.5, 0.6) is 0 Å². The first kappa shape index (κ1) is 20.0. The second-order valence-corrected chi connectivity index (χ2v) is 7.98. The van der Waals surface area contributed by atoms with E-state index in [2.05, 4.69) is 20.9 Å². The predicted molar refractivity (Wildman–Crippen MR) is 117 cm³/mol. The van der Waals surface area contributed by atoms with E-state index in [1.165, 1.54) is 4.90 Å². The van der Waals surface area contributed by atoms with Crippen LogP contribution >= 0.6 is 15.9 Å². The van der Waals surface area contributed by atoms with Crippen LogP contribution in [0.15, 0.2) is 83.0 Å². The van der Waals surface area contributed by atoms with Gasteiger partial charge in [-0.2, -0.15) is 0 Å². The maximum atomic E-state index is 13.0. The molecule has 6 heteroatoms. The number of carbonyl (C=O) groups excluding carboxylic acids is 2. The molecule has 1 unspecified atom stereocenters. The number of hydrogen-bond acceptors (Lipinski definition) is 4. The van der Waals surface area contributed by atoms with Gasteiger partial charge < -0.3 is 10.0 Å². The molecule has 0 spiro atoms. The molecule has 1 saturated heterocycles. The number of aromatic nitrogens is 1. The molecule has 5 nitrogen and oxygen atoms in total. The zero-order valence-electron chi connectivity index (χ0n) is 16.2. The molecule has 3 aromatic rings. The maximum Gasteiger partial charge on any atom is 0.296 e. The van der Waals surface area contributed by atoms with E-state index < -0.39 is 17.7 Å². The zero-order chi connectivity index (χ0) is 21.3. The topological polar surface area (TPSA) is 70.5 Å². The van der Waals surface area contributed by atoms with Crippen molar-refractivity contribution in [2.45, 2.75) is 19.5 Å². The number of aryl methyl sites for hydroxylation is 1. The Morgan fingerprint density at radius 2 is 1.80 bits per heavy atom. The number of likely N-dealkylation sites (tertiary alicyclic amines) is 1. The van der Waals surface area contributed by atoms with Gasteiger partial charge in [0.05, 0.1) is 23.9 Å². The smallest absolute Gasteiger partial charge is 0.296 e. The number of nitrogens with zero attached hydrogens (tertiary/aromatic N) is 2. The van der Waals surface area contributed by atoms with E-state index in [0.29, 0.717) is 11.3 Å². The third-order valence-corrected chi connectivity index (χ3v) is 6.03. The van der Waals surface area contributed by atoms with Gasteiger partial charge in [0.1, 0.15) is 5.76 Å². The van der Waals surface area contributed by atoms with Crippen molar-refractivity contribution in [1.29, 1.82) is 0 Å². The van der Waals surface area contributed by atoms with Gasteiger partial charge in [-0.3, -0.25) is 14.6 Å². The Balaban J connectivity index is 1.86. The molecule has 1 N–H and O–H groups in total. The molecular formula is C24H19BrN2O3. The second kappa shape index (κ2) is 8.24. The van der Waals surface area contributed by atoms with Gasteiger partial charge in [0.2, 0.25) is 0 Å². The van der Waals surface area contributed by atoms with Crippen molar-refractivity contribution in [2.75, 3.05) is 0 Å². The van der Waals surface area contributed by atoms with E-state index >= 15 is 0 Å². The fourth-order valence-corrected chi connectivity index (χ4v) is 3.89. The highest BCUT2D eigenvalue weighted by Crippen LogP contribution is 2.40. The van der Waals surface area contributed by atoms with Crippen LogP contribution in [0.1, 0.15) is 28.4 Å². The molecule has 30 heavy (non-hydrogen) atoms. The lowest BCUT2D eigenvalue weighted by atomic mass is 9.95. The number of benzene rings is 2. The molecule has 1 atom stereocenters. The van der Waals surface area contributed by atoms with Gasteiger partial charge in [-0.1, -0.05) is 58.4 Å². The summed E-state index contributed by atoms with van der Waals surface area (Å²) in [6.07, 6.45) is 1.65. The monoisotopic (exact) mass is 462 g/mol. The molecule has 150 valence electrons. The van der Waals surface area contributed by atoms with Crippen molar-refractivity contribution < 1.29 is 14.7 Å². The number of rotatable bonds is 4. The number of pyridine rings is 1. The number of aliphatic hydroxyl groups is 1. The minimum atomic E-state index is -0.697. The van der Waals surface area contributed by atoms with E-state index in [0.717, 1.165) is 15.6 Å². The standard InChI is InChI=1S/C24H19BrN2O3/c1-15-13-17(10-11-19(15)25)22(28)20-21(16-7-3-2-4-8-16)27(24(30)23(20)29)14-18-9-5-6-12-26-18/h2-13,21,28H,14H2,1H3/b22-20-. The molecule has 1 aliphatic heterocycles. The Labute approximate surface area is 182 Å². The highest BCUT2D eigenvalue weighted by atomic mass is 79.9. The maximum absolute atomic E-state index is 13.0. The fraction of sp³-hybridized carbons (Fsp3) is 0.125. The average molecular weight is 463 g/mol. The fourth-order valence-electron chi connectivity index (χ4n) is 3.64. The molecule has 0 radical (unpaired) electrons. The molecular weight excluding hydrogens is 444 g/mol. The summed E-state index contributed by atoms with van der Waals surface area (Å²) in [5.74, 6) is -1.52. The van der Waals surface area contributed by atoms with Crippen LogP contribution in [0.3, 0.4) is 0 Å². The Hall–Kier alpha value is -3.25. The van der Waals surface area contributed by atoms with Gasteiger partial charge in [-0.05, 0) is 42.3 Å². The van der Waals surface area contributed by atoms with E-state index in [1.54, 1.807) is 30.5 Å². The van der Waals surface area contributed by atoms with Gasteiger partial charge in [0.25, 0.3) is 11.7 Å². The van der Waals surface area contributed by atoms with E-state index in [1.807, 2.05) is 49.4 Å². The Morgan fingerprint density at radius 3 is 2.47 bits per heavy atom. The van der Waals surface area contributed by atoms with Gasteiger partial charge in [0.15, 0.2) is 0 Å². The number of Topliss-reactive ketones (excluding diaryl/α,β-unsaturated/α-hetero) is 1. The van der Waals surface area contributed by atoms with Crippen molar-refractivity contribution in [1.82, 2.24) is 9.88 Å². The van der Waals surface area contributed by atoms with Gasteiger partial charge in [-0.15, -0.1) is 0 Å². The summed E-state index contributed by atoms with van der Waals surface area (Å²) >= 11 is 3.44.